The number of nitrogens with zero attached hydrogens (tertiary/aromatic N) is 1. The van der Waals surface area contributed by atoms with E-state index in [1.54, 1.807) is 0 Å². The molecule has 0 unspecified atom stereocenters. The molecular weight excluding hydrogens is 272 g/mol. The number of nitrogens with one attached hydrogen (secondary N) is 1. The summed E-state index contributed by atoms with van der Waals surface area (Å²) in [5.74, 6) is 2.12. The summed E-state index contributed by atoms with van der Waals surface area (Å²) in [6.07, 6.45) is 5.37. The van der Waals surface area contributed by atoms with Crippen LogP contribution in [0, 0.1) is 12.8 Å². The van der Waals surface area contributed by atoms with Crippen molar-refractivity contribution < 1.29 is 0 Å². The number of aliphatic imine (C=N–C) groups is 1. The summed E-state index contributed by atoms with van der Waals surface area (Å²) in [5, 5.41) is 4.89. The SMILES string of the molecule is Cc1ccc(CN=C2NC3(CCC(C)CC3)CS2)s1. The molecule has 0 atom stereocenters. The van der Waals surface area contributed by atoms with E-state index in [1.807, 2.05) is 23.1 Å². The van der Waals surface area contributed by atoms with Crippen molar-refractivity contribution in [1.82, 2.24) is 5.32 Å². The predicted octanol–water partition coefficient (Wildman–Crippen LogP) is 4.20. The second-order valence-corrected chi connectivity index (χ2v) is 8.35. The third kappa shape index (κ3) is 3.16. The van der Waals surface area contributed by atoms with Crippen molar-refractivity contribution in [3.63, 3.8) is 0 Å². The van der Waals surface area contributed by atoms with E-state index in [2.05, 4.69) is 31.3 Å². The average molecular weight is 294 g/mol. The van der Waals surface area contributed by atoms with Gasteiger partial charge in [-0.1, -0.05) is 18.7 Å². The van der Waals surface area contributed by atoms with Crippen LogP contribution >= 0.6 is 23.1 Å². The molecule has 1 saturated carbocycles. The van der Waals surface area contributed by atoms with E-state index in [9.17, 15) is 0 Å². The van der Waals surface area contributed by atoms with Gasteiger partial charge < -0.3 is 5.32 Å². The molecule has 1 spiro atoms. The van der Waals surface area contributed by atoms with E-state index in [0.717, 1.165) is 12.5 Å². The smallest absolute Gasteiger partial charge is 0.157 e. The molecule has 0 aromatic carbocycles. The third-order valence-electron chi connectivity index (χ3n) is 4.26. The standard InChI is InChI=1S/C15H22N2S2/c1-11-5-7-15(8-6-11)10-18-14(17-15)16-9-13-4-3-12(2)19-13/h3-4,11H,5-10H2,1-2H3,(H,16,17). The monoisotopic (exact) mass is 294 g/mol. The van der Waals surface area contributed by atoms with Gasteiger partial charge in [-0.05, 0) is 50.7 Å². The quantitative estimate of drug-likeness (QED) is 0.884. The summed E-state index contributed by atoms with van der Waals surface area (Å²) in [6.45, 7) is 5.37. The number of aryl methyl sites for hydroxylation is 1. The molecule has 1 aromatic rings. The summed E-state index contributed by atoms with van der Waals surface area (Å²) in [4.78, 5) is 7.50. The fourth-order valence-corrected chi connectivity index (χ4v) is 4.93. The summed E-state index contributed by atoms with van der Waals surface area (Å²) in [7, 11) is 0. The molecule has 1 N–H and O–H groups in total. The number of hydrogen-bond donors (Lipinski definition) is 1. The highest BCUT2D eigenvalue weighted by Crippen LogP contribution is 2.38. The van der Waals surface area contributed by atoms with Gasteiger partial charge in [0.15, 0.2) is 5.17 Å². The summed E-state index contributed by atoms with van der Waals surface area (Å²) >= 11 is 3.77. The van der Waals surface area contributed by atoms with Gasteiger partial charge >= 0.3 is 0 Å². The van der Waals surface area contributed by atoms with Gasteiger partial charge in [-0.3, -0.25) is 4.99 Å². The van der Waals surface area contributed by atoms with Gasteiger partial charge in [0.1, 0.15) is 0 Å². The normalized spacial score (nSPS) is 32.9. The fourth-order valence-electron chi connectivity index (χ4n) is 2.89. The van der Waals surface area contributed by atoms with Gasteiger partial charge in [0.2, 0.25) is 0 Å². The van der Waals surface area contributed by atoms with Gasteiger partial charge in [0.05, 0.1) is 6.54 Å². The van der Waals surface area contributed by atoms with Crippen LogP contribution in [0.5, 0.6) is 0 Å². The molecule has 0 amide bonds. The van der Waals surface area contributed by atoms with Crippen molar-refractivity contribution in [3.8, 4) is 0 Å². The van der Waals surface area contributed by atoms with Crippen LogP contribution in [0.1, 0.15) is 42.4 Å². The first kappa shape index (κ1) is 13.5. The number of hydrogen-bond acceptors (Lipinski definition) is 3. The van der Waals surface area contributed by atoms with Gasteiger partial charge in [0.25, 0.3) is 0 Å². The van der Waals surface area contributed by atoms with Crippen molar-refractivity contribution >= 4 is 28.3 Å². The van der Waals surface area contributed by atoms with Crippen LogP contribution in [0.3, 0.4) is 0 Å². The van der Waals surface area contributed by atoms with Crippen molar-refractivity contribution in [2.24, 2.45) is 10.9 Å². The first-order valence-electron chi connectivity index (χ1n) is 7.16. The van der Waals surface area contributed by atoms with Crippen LogP contribution in [0.4, 0.5) is 0 Å². The van der Waals surface area contributed by atoms with E-state index in [1.165, 1.54) is 46.4 Å². The molecule has 2 aliphatic rings. The Hall–Kier alpha value is -0.480. The van der Waals surface area contributed by atoms with E-state index < -0.39 is 0 Å². The van der Waals surface area contributed by atoms with E-state index in [-0.39, 0.29) is 0 Å². The van der Waals surface area contributed by atoms with Crippen molar-refractivity contribution in [3.05, 3.63) is 21.9 Å². The number of thiophene rings is 1. The Morgan fingerprint density at radius 2 is 2.16 bits per heavy atom. The molecule has 1 aliphatic heterocycles. The van der Waals surface area contributed by atoms with E-state index in [4.69, 9.17) is 4.99 Å². The van der Waals surface area contributed by atoms with Gasteiger partial charge in [-0.25, -0.2) is 0 Å². The highest BCUT2D eigenvalue weighted by molar-refractivity contribution is 8.14. The minimum absolute atomic E-state index is 0.362. The summed E-state index contributed by atoms with van der Waals surface area (Å²) in [6, 6.07) is 4.38. The maximum Gasteiger partial charge on any atom is 0.157 e. The summed E-state index contributed by atoms with van der Waals surface area (Å²) < 4.78 is 0. The van der Waals surface area contributed by atoms with Crippen LogP contribution in [0.25, 0.3) is 0 Å². The van der Waals surface area contributed by atoms with Crippen molar-refractivity contribution in [1.29, 1.82) is 0 Å². The topological polar surface area (TPSA) is 24.4 Å². The molecule has 104 valence electrons. The predicted molar refractivity (Wildman–Crippen MR) is 86.2 cm³/mol. The van der Waals surface area contributed by atoms with E-state index >= 15 is 0 Å². The Balaban J connectivity index is 1.59. The molecular formula is C15H22N2S2. The maximum atomic E-state index is 4.75. The van der Waals surface area contributed by atoms with Gasteiger partial charge in [-0.15, -0.1) is 11.3 Å². The number of thioether (sulfide) groups is 1. The molecule has 2 nitrogen and oxygen atoms in total. The Morgan fingerprint density at radius 1 is 1.37 bits per heavy atom. The average Bonchev–Trinajstić information content (AvgIpc) is 2.99. The first-order chi connectivity index (χ1) is 9.15. The second kappa shape index (κ2) is 5.49. The number of amidine groups is 1. The lowest BCUT2D eigenvalue weighted by molar-refractivity contribution is 0.251. The third-order valence-corrected chi connectivity index (χ3v) is 6.45. The lowest BCUT2D eigenvalue weighted by Gasteiger charge is -2.35. The first-order valence-corrected chi connectivity index (χ1v) is 8.96. The molecule has 19 heavy (non-hydrogen) atoms. The van der Waals surface area contributed by atoms with Crippen LogP contribution in [-0.4, -0.2) is 16.5 Å². The lowest BCUT2D eigenvalue weighted by Crippen LogP contribution is -2.46. The highest BCUT2D eigenvalue weighted by Gasteiger charge is 2.39. The van der Waals surface area contributed by atoms with Gasteiger partial charge in [-0.2, -0.15) is 0 Å². The molecule has 1 aromatic heterocycles. The molecule has 1 aliphatic carbocycles. The second-order valence-electron chi connectivity index (χ2n) is 6.01. The molecule has 0 radical (unpaired) electrons. The van der Waals surface area contributed by atoms with Crippen LogP contribution in [-0.2, 0) is 6.54 Å². The van der Waals surface area contributed by atoms with Gasteiger partial charge in [0, 0.05) is 21.0 Å². The molecule has 3 rings (SSSR count). The minimum atomic E-state index is 0.362. The zero-order valence-electron chi connectivity index (χ0n) is 11.7. The zero-order valence-corrected chi connectivity index (χ0v) is 13.4. The maximum absolute atomic E-state index is 4.75. The van der Waals surface area contributed by atoms with Crippen LogP contribution < -0.4 is 5.32 Å². The fraction of sp³-hybridized carbons (Fsp3) is 0.667. The molecule has 0 bridgehead atoms. The highest BCUT2D eigenvalue weighted by atomic mass is 32.2. The van der Waals surface area contributed by atoms with Crippen LogP contribution in [0.2, 0.25) is 0 Å². The molecule has 2 heterocycles. The molecule has 4 heteroatoms. The zero-order chi connectivity index (χ0) is 13.3. The largest absolute Gasteiger partial charge is 0.359 e. The summed E-state index contributed by atoms with van der Waals surface area (Å²) in [5.41, 5.74) is 0.362. The minimum Gasteiger partial charge on any atom is -0.359 e. The lowest BCUT2D eigenvalue weighted by atomic mass is 9.78. The van der Waals surface area contributed by atoms with Crippen molar-refractivity contribution in [2.45, 2.75) is 51.6 Å². The number of rotatable bonds is 2. The van der Waals surface area contributed by atoms with Crippen LogP contribution in [0.15, 0.2) is 17.1 Å². The Morgan fingerprint density at radius 3 is 2.84 bits per heavy atom. The molecule has 1 saturated heterocycles. The Labute approximate surface area is 124 Å². The van der Waals surface area contributed by atoms with E-state index in [0.29, 0.717) is 5.54 Å². The molecule has 2 fully saturated rings. The van der Waals surface area contributed by atoms with Crippen molar-refractivity contribution in [2.75, 3.05) is 5.75 Å². The Bertz CT molecular complexity index is 470. The Kier molecular flexibility index (Phi) is 3.90.